The highest BCUT2D eigenvalue weighted by molar-refractivity contribution is 6.42. The number of likely N-dealkylation sites (tertiary alicyclic amines) is 2. The van der Waals surface area contributed by atoms with E-state index in [0.717, 1.165) is 57.6 Å². The normalized spacial score (nSPS) is 20.5. The summed E-state index contributed by atoms with van der Waals surface area (Å²) >= 11 is 12.1. The van der Waals surface area contributed by atoms with Crippen molar-refractivity contribution in [2.75, 3.05) is 33.3 Å². The van der Waals surface area contributed by atoms with Crippen LogP contribution in [0.4, 0.5) is 0 Å². The summed E-state index contributed by atoms with van der Waals surface area (Å²) in [6, 6.07) is 14.7. The zero-order chi connectivity index (χ0) is 23.2. The van der Waals surface area contributed by atoms with Crippen molar-refractivity contribution in [3.05, 3.63) is 63.6 Å². The van der Waals surface area contributed by atoms with Crippen molar-refractivity contribution in [3.63, 3.8) is 0 Å². The Bertz CT molecular complexity index is 930. The third kappa shape index (κ3) is 6.63. The zero-order valence-corrected chi connectivity index (χ0v) is 20.7. The van der Waals surface area contributed by atoms with Crippen LogP contribution in [-0.2, 0) is 16.1 Å². The zero-order valence-electron chi connectivity index (χ0n) is 19.1. The SMILES string of the molecule is COC(=O)CN1CCCC[C@@H]1c1ccc(CN2CCC(Oc3ccc(Cl)c(Cl)c3)CC2)cc1. The van der Waals surface area contributed by atoms with Gasteiger partial charge in [0.25, 0.3) is 0 Å². The first-order valence-corrected chi connectivity index (χ1v) is 12.5. The van der Waals surface area contributed by atoms with Gasteiger partial charge in [0, 0.05) is 31.7 Å². The molecule has 0 radical (unpaired) electrons. The maximum absolute atomic E-state index is 11.8. The second-order valence-corrected chi connectivity index (χ2v) is 9.78. The molecule has 0 bridgehead atoms. The van der Waals surface area contributed by atoms with Crippen LogP contribution in [0.25, 0.3) is 0 Å². The molecule has 0 aromatic heterocycles. The number of nitrogens with zero attached hydrogens (tertiary/aromatic N) is 2. The summed E-state index contributed by atoms with van der Waals surface area (Å²) in [4.78, 5) is 16.5. The Morgan fingerprint density at radius 1 is 0.970 bits per heavy atom. The maximum atomic E-state index is 11.8. The topological polar surface area (TPSA) is 42.0 Å². The number of ether oxygens (including phenoxy) is 2. The lowest BCUT2D eigenvalue weighted by atomic mass is 9.94. The molecule has 2 saturated heterocycles. The van der Waals surface area contributed by atoms with Gasteiger partial charge in [-0.25, -0.2) is 0 Å². The lowest BCUT2D eigenvalue weighted by Gasteiger charge is -2.35. The van der Waals surface area contributed by atoms with Gasteiger partial charge in [0.15, 0.2) is 0 Å². The van der Waals surface area contributed by atoms with E-state index in [1.54, 1.807) is 12.1 Å². The third-order valence-electron chi connectivity index (χ3n) is 6.67. The molecule has 2 aromatic carbocycles. The van der Waals surface area contributed by atoms with Crippen LogP contribution in [-0.4, -0.2) is 55.2 Å². The molecule has 0 amide bonds. The van der Waals surface area contributed by atoms with Crippen LogP contribution in [0, 0.1) is 0 Å². The maximum Gasteiger partial charge on any atom is 0.319 e. The number of piperidine rings is 2. The summed E-state index contributed by atoms with van der Waals surface area (Å²) in [7, 11) is 1.46. The number of benzene rings is 2. The monoisotopic (exact) mass is 490 g/mol. The largest absolute Gasteiger partial charge is 0.490 e. The van der Waals surface area contributed by atoms with E-state index in [1.165, 1.54) is 24.7 Å². The summed E-state index contributed by atoms with van der Waals surface area (Å²) in [5, 5.41) is 1.07. The number of carbonyl (C=O) groups is 1. The quantitative estimate of drug-likeness (QED) is 0.463. The average molecular weight is 491 g/mol. The Hall–Kier alpha value is -1.79. The van der Waals surface area contributed by atoms with Crippen molar-refractivity contribution in [3.8, 4) is 5.75 Å². The van der Waals surface area contributed by atoms with Crippen LogP contribution in [0.1, 0.15) is 49.3 Å². The highest BCUT2D eigenvalue weighted by Crippen LogP contribution is 2.31. The van der Waals surface area contributed by atoms with Gasteiger partial charge in [-0.05, 0) is 55.5 Å². The molecular formula is C26H32Cl2N2O3. The van der Waals surface area contributed by atoms with Crippen LogP contribution < -0.4 is 4.74 Å². The van der Waals surface area contributed by atoms with Crippen molar-refractivity contribution in [1.82, 2.24) is 9.80 Å². The Balaban J connectivity index is 1.28. The molecule has 4 rings (SSSR count). The predicted molar refractivity (Wildman–Crippen MR) is 132 cm³/mol. The fraction of sp³-hybridized carbons (Fsp3) is 0.500. The molecule has 0 unspecified atom stereocenters. The van der Waals surface area contributed by atoms with Crippen LogP contribution >= 0.6 is 23.2 Å². The molecule has 2 fully saturated rings. The molecule has 0 saturated carbocycles. The third-order valence-corrected chi connectivity index (χ3v) is 7.41. The van der Waals surface area contributed by atoms with E-state index in [9.17, 15) is 4.79 Å². The first-order valence-electron chi connectivity index (χ1n) is 11.8. The van der Waals surface area contributed by atoms with Gasteiger partial charge in [0.05, 0.1) is 23.7 Å². The average Bonchev–Trinajstić information content (AvgIpc) is 2.83. The fourth-order valence-electron chi connectivity index (χ4n) is 4.82. The number of rotatable bonds is 7. The van der Waals surface area contributed by atoms with E-state index in [4.69, 9.17) is 32.7 Å². The van der Waals surface area contributed by atoms with Gasteiger partial charge >= 0.3 is 5.97 Å². The van der Waals surface area contributed by atoms with E-state index in [0.29, 0.717) is 22.6 Å². The Kier molecular flexibility index (Phi) is 8.53. The van der Waals surface area contributed by atoms with Crippen LogP contribution in [0.5, 0.6) is 5.75 Å². The molecule has 2 aliphatic heterocycles. The molecule has 0 spiro atoms. The van der Waals surface area contributed by atoms with E-state index in [2.05, 4.69) is 34.1 Å². The summed E-state index contributed by atoms with van der Waals surface area (Å²) in [5.41, 5.74) is 2.61. The minimum Gasteiger partial charge on any atom is -0.490 e. The van der Waals surface area contributed by atoms with Crippen molar-refractivity contribution < 1.29 is 14.3 Å². The van der Waals surface area contributed by atoms with Gasteiger partial charge in [0.1, 0.15) is 11.9 Å². The van der Waals surface area contributed by atoms with Crippen molar-refractivity contribution in [1.29, 1.82) is 0 Å². The highest BCUT2D eigenvalue weighted by atomic mass is 35.5. The van der Waals surface area contributed by atoms with E-state index >= 15 is 0 Å². The summed E-state index contributed by atoms with van der Waals surface area (Å²) in [6.45, 7) is 4.26. The van der Waals surface area contributed by atoms with Crippen LogP contribution in [0.15, 0.2) is 42.5 Å². The second kappa shape index (κ2) is 11.6. The number of hydrogen-bond acceptors (Lipinski definition) is 5. The Morgan fingerprint density at radius 2 is 1.73 bits per heavy atom. The number of carbonyl (C=O) groups excluding carboxylic acids is 1. The van der Waals surface area contributed by atoms with Crippen LogP contribution in [0.2, 0.25) is 10.0 Å². The molecule has 33 heavy (non-hydrogen) atoms. The van der Waals surface area contributed by atoms with E-state index < -0.39 is 0 Å². The van der Waals surface area contributed by atoms with Gasteiger partial charge < -0.3 is 9.47 Å². The summed E-state index contributed by atoms with van der Waals surface area (Å²) in [6.07, 6.45) is 5.60. The number of halogens is 2. The van der Waals surface area contributed by atoms with Gasteiger partial charge in [0.2, 0.25) is 0 Å². The summed E-state index contributed by atoms with van der Waals surface area (Å²) < 4.78 is 11.0. The molecule has 2 aliphatic rings. The molecule has 2 heterocycles. The van der Waals surface area contributed by atoms with Gasteiger partial charge in [-0.15, -0.1) is 0 Å². The van der Waals surface area contributed by atoms with Crippen molar-refractivity contribution >= 4 is 29.2 Å². The second-order valence-electron chi connectivity index (χ2n) is 8.97. The van der Waals surface area contributed by atoms with Crippen molar-refractivity contribution in [2.45, 2.75) is 50.8 Å². The number of methoxy groups -OCH3 is 1. The standard InChI is InChI=1S/C26H32Cl2N2O3/c1-32-26(31)18-30-13-3-2-4-25(30)20-7-5-19(6-8-20)17-29-14-11-21(12-15-29)33-22-9-10-23(27)24(28)16-22/h5-10,16,21,25H,2-4,11-15,17-18H2,1H3/t25-/m1/s1. The Morgan fingerprint density at radius 3 is 2.42 bits per heavy atom. The lowest BCUT2D eigenvalue weighted by Crippen LogP contribution is -2.38. The molecule has 5 nitrogen and oxygen atoms in total. The molecule has 0 N–H and O–H groups in total. The van der Waals surface area contributed by atoms with E-state index in [-0.39, 0.29) is 12.1 Å². The van der Waals surface area contributed by atoms with Crippen molar-refractivity contribution in [2.24, 2.45) is 0 Å². The van der Waals surface area contributed by atoms with Crippen LogP contribution in [0.3, 0.4) is 0 Å². The first kappa shape index (κ1) is 24.3. The highest BCUT2D eigenvalue weighted by Gasteiger charge is 2.26. The smallest absolute Gasteiger partial charge is 0.319 e. The van der Waals surface area contributed by atoms with Gasteiger partial charge in [-0.2, -0.15) is 0 Å². The molecular weight excluding hydrogens is 459 g/mol. The minimum absolute atomic E-state index is 0.162. The van der Waals surface area contributed by atoms with E-state index in [1.807, 2.05) is 6.07 Å². The minimum atomic E-state index is -0.162. The summed E-state index contributed by atoms with van der Waals surface area (Å²) in [5.74, 6) is 0.618. The number of esters is 1. The molecule has 178 valence electrons. The first-order chi connectivity index (χ1) is 16.0. The molecule has 2 aromatic rings. The molecule has 0 aliphatic carbocycles. The fourth-order valence-corrected chi connectivity index (χ4v) is 5.11. The number of hydrogen-bond donors (Lipinski definition) is 0. The van der Waals surface area contributed by atoms with Gasteiger partial charge in [-0.3, -0.25) is 14.6 Å². The Labute approximate surface area is 206 Å². The predicted octanol–water partition coefficient (Wildman–Crippen LogP) is 5.74. The molecule has 7 heteroatoms. The lowest BCUT2D eigenvalue weighted by molar-refractivity contribution is -0.143. The van der Waals surface area contributed by atoms with Gasteiger partial charge in [-0.1, -0.05) is 53.9 Å². The molecule has 1 atom stereocenters.